The van der Waals surface area contributed by atoms with Gasteiger partial charge in [0.1, 0.15) is 11.6 Å². The zero-order valence-electron chi connectivity index (χ0n) is 10.7. The molecule has 0 amide bonds. The van der Waals surface area contributed by atoms with Gasteiger partial charge in [0.05, 0.1) is 6.04 Å². The highest BCUT2D eigenvalue weighted by Crippen LogP contribution is 2.38. The van der Waals surface area contributed by atoms with Gasteiger partial charge in [-0.25, -0.2) is 8.78 Å². The Labute approximate surface area is 111 Å². The van der Waals surface area contributed by atoms with Crippen molar-refractivity contribution in [3.05, 3.63) is 65.2 Å². The van der Waals surface area contributed by atoms with Crippen LogP contribution < -0.4 is 5.32 Å². The van der Waals surface area contributed by atoms with Gasteiger partial charge in [0.15, 0.2) is 0 Å². The Morgan fingerprint density at radius 2 is 1.68 bits per heavy atom. The minimum absolute atomic E-state index is 0.154. The van der Waals surface area contributed by atoms with E-state index in [1.54, 1.807) is 18.2 Å². The maximum Gasteiger partial charge on any atom is 0.123 e. The van der Waals surface area contributed by atoms with Gasteiger partial charge in [0.25, 0.3) is 0 Å². The summed E-state index contributed by atoms with van der Waals surface area (Å²) in [6.07, 6.45) is 0.867. The molecule has 3 heteroatoms. The van der Waals surface area contributed by atoms with Gasteiger partial charge < -0.3 is 5.32 Å². The van der Waals surface area contributed by atoms with Crippen LogP contribution in [0.25, 0.3) is 0 Å². The second-order valence-corrected chi connectivity index (χ2v) is 5.15. The van der Waals surface area contributed by atoms with Gasteiger partial charge in [-0.05, 0) is 59.9 Å². The van der Waals surface area contributed by atoms with Crippen molar-refractivity contribution in [1.29, 1.82) is 0 Å². The highest BCUT2D eigenvalue weighted by atomic mass is 19.1. The molecule has 19 heavy (non-hydrogen) atoms. The minimum atomic E-state index is -0.243. The minimum Gasteiger partial charge on any atom is -0.378 e. The molecule has 2 unspecified atom stereocenters. The van der Waals surface area contributed by atoms with E-state index < -0.39 is 0 Å². The number of anilines is 1. The fraction of sp³-hybridized carbons (Fsp3) is 0.250. The number of rotatable bonds is 2. The molecule has 1 N–H and O–H groups in total. The predicted octanol–water partition coefficient (Wildman–Crippen LogP) is 4.31. The summed E-state index contributed by atoms with van der Waals surface area (Å²) >= 11 is 0. The van der Waals surface area contributed by atoms with E-state index in [0.717, 1.165) is 23.2 Å². The topological polar surface area (TPSA) is 12.0 Å². The molecule has 0 radical (unpaired) electrons. The third-order valence-electron chi connectivity index (χ3n) is 3.72. The molecule has 0 aliphatic heterocycles. The molecule has 0 saturated heterocycles. The van der Waals surface area contributed by atoms with Crippen LogP contribution in [0.2, 0.25) is 0 Å². The Hall–Kier alpha value is -1.90. The first-order valence-corrected chi connectivity index (χ1v) is 6.44. The van der Waals surface area contributed by atoms with E-state index in [4.69, 9.17) is 0 Å². The highest BCUT2D eigenvalue weighted by molar-refractivity contribution is 5.48. The number of halogens is 2. The molecule has 0 saturated carbocycles. The molecule has 0 aromatic heterocycles. The van der Waals surface area contributed by atoms with Crippen LogP contribution in [0.15, 0.2) is 42.5 Å². The van der Waals surface area contributed by atoms with Crippen molar-refractivity contribution in [3.63, 3.8) is 0 Å². The van der Waals surface area contributed by atoms with Crippen LogP contribution in [0.3, 0.4) is 0 Å². The van der Waals surface area contributed by atoms with Crippen LogP contribution in [0.5, 0.6) is 0 Å². The maximum atomic E-state index is 13.2. The maximum absolute atomic E-state index is 13.2. The van der Waals surface area contributed by atoms with Crippen LogP contribution in [-0.2, 0) is 6.42 Å². The zero-order chi connectivity index (χ0) is 13.4. The van der Waals surface area contributed by atoms with E-state index in [1.807, 2.05) is 6.07 Å². The van der Waals surface area contributed by atoms with Crippen LogP contribution in [0.4, 0.5) is 14.5 Å². The van der Waals surface area contributed by atoms with E-state index in [0.29, 0.717) is 5.92 Å². The van der Waals surface area contributed by atoms with E-state index >= 15 is 0 Å². The summed E-state index contributed by atoms with van der Waals surface area (Å²) in [4.78, 5) is 0. The van der Waals surface area contributed by atoms with Crippen molar-refractivity contribution in [2.24, 2.45) is 5.92 Å². The molecule has 1 aliphatic carbocycles. The second kappa shape index (κ2) is 4.65. The Kier molecular flexibility index (Phi) is 2.97. The standard InChI is InChI=1S/C16H15F2N/c1-10-8-11-9-13(18)4-7-15(11)16(10)19-14-5-2-12(17)3-6-14/h2-7,9-10,16,19H,8H2,1H3. The largest absolute Gasteiger partial charge is 0.378 e. The van der Waals surface area contributed by atoms with Gasteiger partial charge in [-0.3, -0.25) is 0 Å². The summed E-state index contributed by atoms with van der Waals surface area (Å²) in [6, 6.07) is 11.4. The van der Waals surface area contributed by atoms with Crippen molar-refractivity contribution in [1.82, 2.24) is 0 Å². The first kappa shape index (κ1) is 12.2. The molecule has 0 fully saturated rings. The fourth-order valence-electron chi connectivity index (χ4n) is 2.77. The Morgan fingerprint density at radius 3 is 2.42 bits per heavy atom. The van der Waals surface area contributed by atoms with E-state index in [-0.39, 0.29) is 17.7 Å². The van der Waals surface area contributed by atoms with Crippen molar-refractivity contribution >= 4 is 5.69 Å². The molecular weight excluding hydrogens is 244 g/mol. The molecule has 0 heterocycles. The summed E-state index contributed by atoms with van der Waals surface area (Å²) in [7, 11) is 0. The molecule has 0 bridgehead atoms. The second-order valence-electron chi connectivity index (χ2n) is 5.15. The molecule has 1 aliphatic rings. The molecule has 2 aromatic carbocycles. The Balaban J connectivity index is 1.88. The third-order valence-corrected chi connectivity index (χ3v) is 3.72. The molecule has 2 atom stereocenters. The van der Waals surface area contributed by atoms with Crippen molar-refractivity contribution < 1.29 is 8.78 Å². The van der Waals surface area contributed by atoms with E-state index in [2.05, 4.69) is 12.2 Å². The van der Waals surface area contributed by atoms with Crippen molar-refractivity contribution in [2.75, 3.05) is 5.32 Å². The molecule has 2 aromatic rings. The quantitative estimate of drug-likeness (QED) is 0.847. The summed E-state index contributed by atoms with van der Waals surface area (Å²) in [6.45, 7) is 2.14. The van der Waals surface area contributed by atoms with Crippen molar-refractivity contribution in [3.8, 4) is 0 Å². The van der Waals surface area contributed by atoms with E-state index in [1.165, 1.54) is 18.2 Å². The lowest BCUT2D eigenvalue weighted by Gasteiger charge is -2.20. The average Bonchev–Trinajstić information content (AvgIpc) is 2.68. The van der Waals surface area contributed by atoms with Gasteiger partial charge in [-0.2, -0.15) is 0 Å². The van der Waals surface area contributed by atoms with Crippen LogP contribution >= 0.6 is 0 Å². The van der Waals surface area contributed by atoms with Gasteiger partial charge in [0.2, 0.25) is 0 Å². The monoisotopic (exact) mass is 259 g/mol. The number of hydrogen-bond acceptors (Lipinski definition) is 1. The number of fused-ring (bicyclic) bond motifs is 1. The number of benzene rings is 2. The lowest BCUT2D eigenvalue weighted by molar-refractivity contribution is 0.542. The normalized spacial score (nSPS) is 21.2. The molecular formula is C16H15F2N. The molecule has 1 nitrogen and oxygen atoms in total. The van der Waals surface area contributed by atoms with Gasteiger partial charge in [0, 0.05) is 5.69 Å². The predicted molar refractivity (Wildman–Crippen MR) is 72.0 cm³/mol. The van der Waals surface area contributed by atoms with E-state index in [9.17, 15) is 8.78 Å². The lowest BCUT2D eigenvalue weighted by Crippen LogP contribution is -2.14. The van der Waals surface area contributed by atoms with Crippen LogP contribution in [0.1, 0.15) is 24.1 Å². The fourth-order valence-corrected chi connectivity index (χ4v) is 2.77. The molecule has 0 spiro atoms. The smallest absolute Gasteiger partial charge is 0.123 e. The first-order chi connectivity index (χ1) is 9.13. The molecule has 98 valence electrons. The zero-order valence-corrected chi connectivity index (χ0v) is 10.7. The summed E-state index contributed by atoms with van der Waals surface area (Å²) < 4.78 is 26.1. The Morgan fingerprint density at radius 1 is 1.00 bits per heavy atom. The molecule has 3 rings (SSSR count). The van der Waals surface area contributed by atoms with Crippen LogP contribution in [-0.4, -0.2) is 0 Å². The summed E-state index contributed by atoms with van der Waals surface area (Å²) in [5.41, 5.74) is 3.08. The lowest BCUT2D eigenvalue weighted by atomic mass is 10.0. The number of nitrogens with one attached hydrogen (secondary N) is 1. The van der Waals surface area contributed by atoms with Gasteiger partial charge in [-0.1, -0.05) is 13.0 Å². The SMILES string of the molecule is CC1Cc2cc(F)ccc2C1Nc1ccc(F)cc1. The Bertz CT molecular complexity index is 592. The summed E-state index contributed by atoms with van der Waals surface area (Å²) in [5.74, 6) is -0.0391. The van der Waals surface area contributed by atoms with Crippen LogP contribution in [0, 0.1) is 17.6 Å². The van der Waals surface area contributed by atoms with Gasteiger partial charge in [-0.15, -0.1) is 0 Å². The highest BCUT2D eigenvalue weighted by Gasteiger charge is 2.29. The van der Waals surface area contributed by atoms with Gasteiger partial charge >= 0.3 is 0 Å². The van der Waals surface area contributed by atoms with Crippen molar-refractivity contribution in [2.45, 2.75) is 19.4 Å². The average molecular weight is 259 g/mol. The first-order valence-electron chi connectivity index (χ1n) is 6.44. The summed E-state index contributed by atoms with van der Waals surface area (Å²) in [5, 5.41) is 3.40. The third kappa shape index (κ3) is 2.33. The number of hydrogen-bond donors (Lipinski definition) is 1.